The summed E-state index contributed by atoms with van der Waals surface area (Å²) in [5.41, 5.74) is 2.94. The van der Waals surface area contributed by atoms with Crippen LogP contribution in [0.1, 0.15) is 16.7 Å². The molecule has 1 aliphatic heterocycles. The lowest BCUT2D eigenvalue weighted by Crippen LogP contribution is -2.27. The van der Waals surface area contributed by atoms with E-state index in [0.29, 0.717) is 27.3 Å². The van der Waals surface area contributed by atoms with E-state index in [1.54, 1.807) is 29.2 Å². The van der Waals surface area contributed by atoms with Crippen molar-refractivity contribution >= 4 is 46.3 Å². The number of hydrogen-bond acceptors (Lipinski definition) is 7. The van der Waals surface area contributed by atoms with Gasteiger partial charge in [-0.15, -0.1) is 0 Å². The molecule has 6 nitrogen and oxygen atoms in total. The van der Waals surface area contributed by atoms with Crippen molar-refractivity contribution in [3.63, 3.8) is 0 Å². The van der Waals surface area contributed by atoms with Gasteiger partial charge in [-0.2, -0.15) is 0 Å². The van der Waals surface area contributed by atoms with Crippen LogP contribution in [0.5, 0.6) is 11.5 Å². The summed E-state index contributed by atoms with van der Waals surface area (Å²) in [6, 6.07) is 13.2. The first-order chi connectivity index (χ1) is 14.4. The molecule has 0 radical (unpaired) electrons. The van der Waals surface area contributed by atoms with Crippen molar-refractivity contribution in [1.82, 2.24) is 4.90 Å². The van der Waals surface area contributed by atoms with Crippen LogP contribution in [0, 0.1) is 6.92 Å². The highest BCUT2D eigenvalue weighted by atomic mass is 32.2. The number of nitrogens with zero attached hydrogens (tertiary/aromatic N) is 1. The fraction of sp³-hybridized carbons (Fsp3) is 0.227. The zero-order chi connectivity index (χ0) is 21.7. The van der Waals surface area contributed by atoms with Crippen LogP contribution in [0.4, 0.5) is 0 Å². The molecular weight excluding hydrogens is 422 g/mol. The SMILES string of the molecule is COC(=O)COc1ccc(/C=C2\SC(=S)N(Cc3ccc(C)cc3)C2=O)cc1OC. The molecule has 3 rings (SSSR count). The first kappa shape index (κ1) is 21.9. The van der Waals surface area contributed by atoms with Crippen LogP contribution in [-0.2, 0) is 20.9 Å². The summed E-state index contributed by atoms with van der Waals surface area (Å²) in [7, 11) is 2.80. The molecule has 1 aliphatic rings. The van der Waals surface area contributed by atoms with Gasteiger partial charge in [0.25, 0.3) is 5.91 Å². The lowest BCUT2D eigenvalue weighted by molar-refractivity contribution is -0.142. The van der Waals surface area contributed by atoms with Crippen LogP contribution >= 0.6 is 24.0 Å². The minimum absolute atomic E-state index is 0.129. The highest BCUT2D eigenvalue weighted by molar-refractivity contribution is 8.26. The van der Waals surface area contributed by atoms with Gasteiger partial charge in [-0.25, -0.2) is 4.79 Å². The lowest BCUT2D eigenvalue weighted by Gasteiger charge is -2.14. The normalized spacial score (nSPS) is 14.9. The third-order valence-electron chi connectivity index (χ3n) is 4.39. The maximum absolute atomic E-state index is 12.9. The highest BCUT2D eigenvalue weighted by Gasteiger charge is 2.32. The Morgan fingerprint density at radius 3 is 2.53 bits per heavy atom. The predicted octanol–water partition coefficient (Wildman–Crippen LogP) is 3.96. The number of methoxy groups -OCH3 is 2. The molecule has 8 heteroatoms. The number of thiocarbonyl (C=S) groups is 1. The van der Waals surface area contributed by atoms with Crippen LogP contribution in [0.2, 0.25) is 0 Å². The van der Waals surface area contributed by atoms with Gasteiger partial charge in [-0.05, 0) is 36.3 Å². The van der Waals surface area contributed by atoms with Crippen molar-refractivity contribution < 1.29 is 23.8 Å². The number of carbonyl (C=O) groups is 2. The zero-order valence-electron chi connectivity index (χ0n) is 16.8. The number of esters is 1. The average Bonchev–Trinajstić information content (AvgIpc) is 3.01. The summed E-state index contributed by atoms with van der Waals surface area (Å²) in [5, 5.41) is 0. The molecule has 2 aromatic rings. The van der Waals surface area contributed by atoms with E-state index in [9.17, 15) is 9.59 Å². The molecule has 0 saturated carbocycles. The van der Waals surface area contributed by atoms with Crippen molar-refractivity contribution in [2.75, 3.05) is 20.8 Å². The molecule has 30 heavy (non-hydrogen) atoms. The summed E-state index contributed by atoms with van der Waals surface area (Å²) in [6.45, 7) is 2.24. The Labute approximate surface area is 184 Å². The van der Waals surface area contributed by atoms with Gasteiger partial charge in [-0.1, -0.05) is 59.9 Å². The Bertz CT molecular complexity index is 1000. The summed E-state index contributed by atoms with van der Waals surface area (Å²) < 4.78 is 15.8. The average molecular weight is 444 g/mol. The molecule has 0 N–H and O–H groups in total. The quantitative estimate of drug-likeness (QED) is 0.365. The van der Waals surface area contributed by atoms with Gasteiger partial charge in [0.1, 0.15) is 4.32 Å². The summed E-state index contributed by atoms with van der Waals surface area (Å²) in [4.78, 5) is 26.3. The molecule has 1 heterocycles. The van der Waals surface area contributed by atoms with Crippen molar-refractivity contribution in [2.45, 2.75) is 13.5 Å². The van der Waals surface area contributed by atoms with Crippen molar-refractivity contribution in [1.29, 1.82) is 0 Å². The van der Waals surface area contributed by atoms with Gasteiger partial charge < -0.3 is 14.2 Å². The van der Waals surface area contributed by atoms with E-state index >= 15 is 0 Å². The molecule has 0 atom stereocenters. The molecule has 156 valence electrons. The Morgan fingerprint density at radius 1 is 1.13 bits per heavy atom. The zero-order valence-corrected chi connectivity index (χ0v) is 18.5. The standard InChI is InChI=1S/C22H21NO5S2/c1-14-4-6-15(7-5-14)12-23-21(25)19(30-22(23)29)11-16-8-9-17(18(10-16)26-2)28-13-20(24)27-3/h4-11H,12-13H2,1-3H3/b19-11-. The second kappa shape index (κ2) is 9.77. The van der Waals surface area contributed by atoms with Crippen LogP contribution in [0.25, 0.3) is 6.08 Å². The number of carbonyl (C=O) groups excluding carboxylic acids is 2. The van der Waals surface area contributed by atoms with Crippen LogP contribution in [0.3, 0.4) is 0 Å². The van der Waals surface area contributed by atoms with Gasteiger partial charge in [0.2, 0.25) is 0 Å². The van der Waals surface area contributed by atoms with Crippen molar-refractivity contribution in [3.05, 3.63) is 64.1 Å². The number of rotatable bonds is 7. The van der Waals surface area contributed by atoms with E-state index in [0.717, 1.165) is 16.7 Å². The minimum Gasteiger partial charge on any atom is -0.493 e. The van der Waals surface area contributed by atoms with E-state index < -0.39 is 5.97 Å². The number of ether oxygens (including phenoxy) is 3. The number of aryl methyl sites for hydroxylation is 1. The first-order valence-electron chi connectivity index (χ1n) is 9.10. The van der Waals surface area contributed by atoms with Crippen molar-refractivity contribution in [3.8, 4) is 11.5 Å². The summed E-state index contributed by atoms with van der Waals surface area (Å²) in [5.74, 6) is 0.240. The minimum atomic E-state index is -0.488. The molecule has 0 unspecified atom stereocenters. The van der Waals surface area contributed by atoms with Crippen LogP contribution < -0.4 is 9.47 Å². The monoisotopic (exact) mass is 443 g/mol. The van der Waals surface area contributed by atoms with E-state index in [1.807, 2.05) is 31.2 Å². The Morgan fingerprint density at radius 2 is 1.87 bits per heavy atom. The Balaban J connectivity index is 1.76. The highest BCUT2D eigenvalue weighted by Crippen LogP contribution is 2.35. The maximum Gasteiger partial charge on any atom is 0.343 e. The van der Waals surface area contributed by atoms with Gasteiger partial charge in [0.15, 0.2) is 18.1 Å². The van der Waals surface area contributed by atoms with E-state index in [2.05, 4.69) is 4.74 Å². The van der Waals surface area contributed by atoms with Gasteiger partial charge in [0.05, 0.1) is 25.7 Å². The second-order valence-electron chi connectivity index (χ2n) is 6.53. The number of amides is 1. The Kier molecular flexibility index (Phi) is 7.12. The van der Waals surface area contributed by atoms with Gasteiger partial charge in [0, 0.05) is 0 Å². The van der Waals surface area contributed by atoms with E-state index in [4.69, 9.17) is 21.7 Å². The van der Waals surface area contributed by atoms with E-state index in [1.165, 1.54) is 26.0 Å². The number of thioether (sulfide) groups is 1. The third-order valence-corrected chi connectivity index (χ3v) is 5.77. The maximum atomic E-state index is 12.9. The molecule has 0 spiro atoms. The summed E-state index contributed by atoms with van der Waals surface area (Å²) >= 11 is 6.68. The number of benzene rings is 2. The molecule has 1 fully saturated rings. The van der Waals surface area contributed by atoms with Crippen LogP contribution in [0.15, 0.2) is 47.4 Å². The molecule has 0 aliphatic carbocycles. The first-order valence-corrected chi connectivity index (χ1v) is 10.3. The fourth-order valence-electron chi connectivity index (χ4n) is 2.75. The van der Waals surface area contributed by atoms with Crippen LogP contribution in [-0.4, -0.2) is 41.9 Å². The van der Waals surface area contributed by atoms with Gasteiger partial charge >= 0.3 is 5.97 Å². The predicted molar refractivity (Wildman–Crippen MR) is 120 cm³/mol. The topological polar surface area (TPSA) is 65.1 Å². The molecule has 2 aromatic carbocycles. The smallest absolute Gasteiger partial charge is 0.343 e. The summed E-state index contributed by atoms with van der Waals surface area (Å²) in [6.07, 6.45) is 1.76. The van der Waals surface area contributed by atoms with E-state index in [-0.39, 0.29) is 12.5 Å². The number of hydrogen-bond donors (Lipinski definition) is 0. The Hall–Kier alpha value is -2.84. The largest absolute Gasteiger partial charge is 0.493 e. The molecule has 0 bridgehead atoms. The molecule has 1 saturated heterocycles. The molecule has 1 amide bonds. The lowest BCUT2D eigenvalue weighted by atomic mass is 10.1. The second-order valence-corrected chi connectivity index (χ2v) is 8.20. The molecular formula is C22H21NO5S2. The fourth-order valence-corrected chi connectivity index (χ4v) is 4.01. The van der Waals surface area contributed by atoms with Gasteiger partial charge in [-0.3, -0.25) is 9.69 Å². The van der Waals surface area contributed by atoms with Crippen molar-refractivity contribution in [2.24, 2.45) is 0 Å². The molecule has 0 aromatic heterocycles. The third kappa shape index (κ3) is 5.20.